The van der Waals surface area contributed by atoms with Gasteiger partial charge >= 0.3 is 6.03 Å². The molecule has 0 spiro atoms. The molecule has 1 atom stereocenters. The fourth-order valence-corrected chi connectivity index (χ4v) is 3.38. The van der Waals surface area contributed by atoms with Crippen molar-refractivity contribution in [3.05, 3.63) is 59.7 Å². The molecule has 0 saturated heterocycles. The fraction of sp³-hybridized carbons (Fsp3) is 0.421. The van der Waals surface area contributed by atoms with Crippen LogP contribution >= 0.6 is 0 Å². The summed E-state index contributed by atoms with van der Waals surface area (Å²) in [6.07, 6.45) is 3.76. The molecule has 0 saturated carbocycles. The largest absolute Gasteiger partial charge is 0.348 e. The maximum atomic E-state index is 14.4. The zero-order valence-electron chi connectivity index (χ0n) is 14.2. The lowest BCUT2D eigenvalue weighted by molar-refractivity contribution is 0.163. The van der Waals surface area contributed by atoms with Crippen LogP contribution in [0.5, 0.6) is 0 Å². The predicted octanol–water partition coefficient (Wildman–Crippen LogP) is 3.93. The average molecular weight is 329 g/mol. The number of nitrogens with one attached hydrogen (secondary N) is 1. The molecule has 0 fully saturated rings. The number of amides is 2. The molecule has 1 aromatic heterocycles. The second-order valence-corrected chi connectivity index (χ2v) is 6.21. The fourth-order valence-electron chi connectivity index (χ4n) is 3.38. The van der Waals surface area contributed by atoms with Crippen LogP contribution in [0.25, 0.3) is 0 Å². The zero-order chi connectivity index (χ0) is 17.1. The van der Waals surface area contributed by atoms with Crippen molar-refractivity contribution in [2.45, 2.75) is 45.3 Å². The number of urea groups is 1. The molecule has 0 radical (unpaired) electrons. The van der Waals surface area contributed by atoms with Gasteiger partial charge < -0.3 is 14.8 Å². The van der Waals surface area contributed by atoms with Crippen molar-refractivity contribution in [2.75, 3.05) is 6.54 Å². The van der Waals surface area contributed by atoms with Gasteiger partial charge in [-0.3, -0.25) is 0 Å². The lowest BCUT2D eigenvalue weighted by Gasteiger charge is -2.38. The summed E-state index contributed by atoms with van der Waals surface area (Å²) >= 11 is 0. The van der Waals surface area contributed by atoms with E-state index in [0.717, 1.165) is 25.1 Å². The summed E-state index contributed by atoms with van der Waals surface area (Å²) in [5.74, 6) is -0.280. The Morgan fingerprint density at radius 3 is 2.67 bits per heavy atom. The smallest absolute Gasteiger partial charge is 0.318 e. The topological polar surface area (TPSA) is 37.3 Å². The van der Waals surface area contributed by atoms with E-state index in [9.17, 15) is 9.18 Å². The van der Waals surface area contributed by atoms with Crippen LogP contribution in [0.2, 0.25) is 0 Å². The van der Waals surface area contributed by atoms with Gasteiger partial charge in [0.2, 0.25) is 0 Å². The van der Waals surface area contributed by atoms with E-state index in [1.807, 2.05) is 24.4 Å². The Morgan fingerprint density at radius 1 is 1.21 bits per heavy atom. The Kier molecular flexibility index (Phi) is 4.88. The van der Waals surface area contributed by atoms with Crippen LogP contribution in [0.15, 0.2) is 42.6 Å². The molecule has 1 N–H and O–H groups in total. The van der Waals surface area contributed by atoms with Crippen LogP contribution in [0.4, 0.5) is 9.18 Å². The van der Waals surface area contributed by atoms with Crippen LogP contribution in [-0.4, -0.2) is 28.1 Å². The van der Waals surface area contributed by atoms with E-state index in [1.165, 1.54) is 6.07 Å². The summed E-state index contributed by atoms with van der Waals surface area (Å²) in [6, 6.07) is 10.3. The number of nitrogens with zero attached hydrogens (tertiary/aromatic N) is 2. The lowest BCUT2D eigenvalue weighted by atomic mass is 9.99. The van der Waals surface area contributed by atoms with Gasteiger partial charge in [-0.25, -0.2) is 9.18 Å². The molecule has 128 valence electrons. The third-order valence-corrected chi connectivity index (χ3v) is 4.81. The SMILES string of the molecule is CCC(CC)NC(=O)N1CCn2cccc2[C@H]1c1ccccc1F. The van der Waals surface area contributed by atoms with Gasteiger partial charge in [-0.2, -0.15) is 0 Å². The highest BCUT2D eigenvalue weighted by Crippen LogP contribution is 2.33. The minimum atomic E-state index is -0.399. The number of rotatable bonds is 4. The highest BCUT2D eigenvalue weighted by Gasteiger charge is 2.34. The average Bonchev–Trinajstić information content (AvgIpc) is 3.08. The molecule has 2 amide bonds. The van der Waals surface area contributed by atoms with E-state index < -0.39 is 6.04 Å². The van der Waals surface area contributed by atoms with Gasteiger partial charge in [0, 0.05) is 36.6 Å². The molecule has 0 aliphatic carbocycles. The number of halogens is 1. The first-order valence-corrected chi connectivity index (χ1v) is 8.62. The van der Waals surface area contributed by atoms with E-state index in [1.54, 1.807) is 17.0 Å². The number of aromatic nitrogens is 1. The second-order valence-electron chi connectivity index (χ2n) is 6.21. The summed E-state index contributed by atoms with van der Waals surface area (Å²) in [4.78, 5) is 14.6. The molecule has 1 aliphatic heterocycles. The van der Waals surface area contributed by atoms with Gasteiger partial charge in [0.05, 0.1) is 0 Å². The molecule has 0 bridgehead atoms. The van der Waals surface area contributed by atoms with Crippen molar-refractivity contribution in [1.29, 1.82) is 0 Å². The van der Waals surface area contributed by atoms with Crippen molar-refractivity contribution in [3.63, 3.8) is 0 Å². The standard InChI is InChI=1S/C19H24FN3O/c1-3-14(4-2)21-19(24)23-13-12-22-11-7-10-17(22)18(23)15-8-5-6-9-16(15)20/h5-11,14,18H,3-4,12-13H2,1-2H3,(H,21,24)/t18-/m1/s1. The monoisotopic (exact) mass is 329 g/mol. The van der Waals surface area contributed by atoms with Gasteiger partial charge in [-0.1, -0.05) is 32.0 Å². The first-order valence-electron chi connectivity index (χ1n) is 8.62. The van der Waals surface area contributed by atoms with Gasteiger partial charge in [0.15, 0.2) is 0 Å². The zero-order valence-corrected chi connectivity index (χ0v) is 14.2. The number of carbonyl (C=O) groups is 1. The number of hydrogen-bond acceptors (Lipinski definition) is 1. The lowest BCUT2D eigenvalue weighted by Crippen LogP contribution is -2.50. The molecule has 1 aromatic carbocycles. The molecule has 2 aromatic rings. The van der Waals surface area contributed by atoms with Gasteiger partial charge in [-0.15, -0.1) is 0 Å². The minimum absolute atomic E-state index is 0.121. The normalized spacial score (nSPS) is 17.0. The molecular weight excluding hydrogens is 305 g/mol. The van der Waals surface area contributed by atoms with Crippen molar-refractivity contribution in [1.82, 2.24) is 14.8 Å². The molecule has 24 heavy (non-hydrogen) atoms. The molecule has 4 nitrogen and oxygen atoms in total. The van der Waals surface area contributed by atoms with Crippen LogP contribution in [-0.2, 0) is 6.54 Å². The summed E-state index contributed by atoms with van der Waals surface area (Å²) in [7, 11) is 0. The highest BCUT2D eigenvalue weighted by atomic mass is 19.1. The number of fused-ring (bicyclic) bond motifs is 1. The Morgan fingerprint density at radius 2 is 1.96 bits per heavy atom. The van der Waals surface area contributed by atoms with Gasteiger partial charge in [0.1, 0.15) is 11.9 Å². The number of benzene rings is 1. The van der Waals surface area contributed by atoms with Gasteiger partial charge in [-0.05, 0) is 31.0 Å². The van der Waals surface area contributed by atoms with Crippen molar-refractivity contribution >= 4 is 6.03 Å². The van der Waals surface area contributed by atoms with E-state index in [-0.39, 0.29) is 17.9 Å². The van der Waals surface area contributed by atoms with Crippen LogP contribution in [0, 0.1) is 5.82 Å². The third-order valence-electron chi connectivity index (χ3n) is 4.81. The predicted molar refractivity (Wildman–Crippen MR) is 92.3 cm³/mol. The summed E-state index contributed by atoms with van der Waals surface area (Å²) in [6.45, 7) is 5.41. The maximum Gasteiger partial charge on any atom is 0.318 e. The van der Waals surface area contributed by atoms with Crippen LogP contribution < -0.4 is 5.32 Å². The van der Waals surface area contributed by atoms with Crippen LogP contribution in [0.3, 0.4) is 0 Å². The van der Waals surface area contributed by atoms with Gasteiger partial charge in [0.25, 0.3) is 0 Å². The molecule has 0 unspecified atom stereocenters. The number of hydrogen-bond donors (Lipinski definition) is 1. The van der Waals surface area contributed by atoms with E-state index in [2.05, 4.69) is 23.7 Å². The Balaban J connectivity index is 1.96. The highest BCUT2D eigenvalue weighted by molar-refractivity contribution is 5.76. The van der Waals surface area contributed by atoms with Crippen molar-refractivity contribution < 1.29 is 9.18 Å². The van der Waals surface area contributed by atoms with E-state index in [4.69, 9.17) is 0 Å². The first-order chi connectivity index (χ1) is 11.7. The molecule has 2 heterocycles. The van der Waals surface area contributed by atoms with Crippen molar-refractivity contribution in [2.24, 2.45) is 0 Å². The quantitative estimate of drug-likeness (QED) is 0.906. The summed E-state index contributed by atoms with van der Waals surface area (Å²) in [5.41, 5.74) is 1.49. The Hall–Kier alpha value is -2.30. The van der Waals surface area contributed by atoms with Crippen LogP contribution in [0.1, 0.15) is 44.0 Å². The second kappa shape index (κ2) is 7.07. The summed E-state index contributed by atoms with van der Waals surface area (Å²) in [5, 5.41) is 3.08. The molecule has 5 heteroatoms. The Bertz CT molecular complexity index is 708. The van der Waals surface area contributed by atoms with E-state index in [0.29, 0.717) is 12.1 Å². The number of carbonyl (C=O) groups excluding carboxylic acids is 1. The molecule has 3 rings (SSSR count). The summed E-state index contributed by atoms with van der Waals surface area (Å²) < 4.78 is 16.5. The maximum absolute atomic E-state index is 14.4. The molecule has 1 aliphatic rings. The third kappa shape index (κ3) is 3.03. The minimum Gasteiger partial charge on any atom is -0.348 e. The first kappa shape index (κ1) is 16.6. The van der Waals surface area contributed by atoms with E-state index >= 15 is 0 Å². The Labute approximate surface area is 142 Å². The van der Waals surface area contributed by atoms with Crippen molar-refractivity contribution in [3.8, 4) is 0 Å². The molecular formula is C19H24FN3O.